The van der Waals surface area contributed by atoms with Crippen molar-refractivity contribution < 1.29 is 4.79 Å². The Labute approximate surface area is 126 Å². The molecule has 1 amide bonds. The predicted molar refractivity (Wildman–Crippen MR) is 84.5 cm³/mol. The zero-order valence-electron chi connectivity index (χ0n) is 11.3. The van der Waals surface area contributed by atoms with Gasteiger partial charge in [0.25, 0.3) is 5.91 Å². The second kappa shape index (κ2) is 5.10. The SMILES string of the molecule is Cn1cc(N)cc1C(=O)Nc1ccc(Cl)c2cccnc12. The molecule has 0 fully saturated rings. The van der Waals surface area contributed by atoms with Crippen molar-refractivity contribution in [1.29, 1.82) is 0 Å². The Balaban J connectivity index is 2.01. The minimum absolute atomic E-state index is 0.247. The monoisotopic (exact) mass is 300 g/mol. The molecule has 3 aromatic rings. The molecule has 0 saturated carbocycles. The molecule has 0 aliphatic carbocycles. The summed E-state index contributed by atoms with van der Waals surface area (Å²) in [7, 11) is 1.77. The Bertz CT molecular complexity index is 841. The van der Waals surface area contributed by atoms with Crippen LogP contribution >= 0.6 is 11.6 Å². The van der Waals surface area contributed by atoms with Gasteiger partial charge in [-0.15, -0.1) is 0 Å². The van der Waals surface area contributed by atoms with Crippen molar-refractivity contribution in [3.63, 3.8) is 0 Å². The van der Waals surface area contributed by atoms with E-state index < -0.39 is 0 Å². The van der Waals surface area contributed by atoms with Gasteiger partial charge < -0.3 is 15.6 Å². The fourth-order valence-electron chi connectivity index (χ4n) is 2.24. The second-order valence-electron chi connectivity index (χ2n) is 4.72. The number of nitrogens with zero attached hydrogens (tertiary/aromatic N) is 2. The van der Waals surface area contributed by atoms with Gasteiger partial charge in [0.2, 0.25) is 0 Å². The van der Waals surface area contributed by atoms with Crippen molar-refractivity contribution in [2.45, 2.75) is 0 Å². The first kappa shape index (κ1) is 13.5. The molecule has 1 aromatic carbocycles. The molecule has 0 radical (unpaired) electrons. The molecule has 2 heterocycles. The van der Waals surface area contributed by atoms with Gasteiger partial charge in [0.05, 0.1) is 21.9 Å². The molecule has 0 saturated heterocycles. The normalized spacial score (nSPS) is 10.8. The highest BCUT2D eigenvalue weighted by molar-refractivity contribution is 6.36. The fraction of sp³-hybridized carbons (Fsp3) is 0.0667. The van der Waals surface area contributed by atoms with Gasteiger partial charge in [-0.3, -0.25) is 9.78 Å². The summed E-state index contributed by atoms with van der Waals surface area (Å²) in [6.07, 6.45) is 3.35. The smallest absolute Gasteiger partial charge is 0.272 e. The van der Waals surface area contributed by atoms with Gasteiger partial charge in [-0.25, -0.2) is 0 Å². The third-order valence-corrected chi connectivity index (χ3v) is 3.55. The average Bonchev–Trinajstić information content (AvgIpc) is 2.81. The van der Waals surface area contributed by atoms with E-state index in [0.29, 0.717) is 27.6 Å². The molecule has 0 spiro atoms. The summed E-state index contributed by atoms with van der Waals surface area (Å²) in [5, 5.41) is 4.24. The van der Waals surface area contributed by atoms with Crippen LogP contribution in [-0.2, 0) is 7.05 Å². The first-order chi connectivity index (χ1) is 10.1. The van der Waals surface area contributed by atoms with Crippen LogP contribution in [0.25, 0.3) is 10.9 Å². The van der Waals surface area contributed by atoms with Gasteiger partial charge in [-0.2, -0.15) is 0 Å². The van der Waals surface area contributed by atoms with Crippen molar-refractivity contribution >= 4 is 39.8 Å². The number of halogens is 1. The molecule has 6 heteroatoms. The van der Waals surface area contributed by atoms with E-state index in [9.17, 15) is 4.79 Å². The summed E-state index contributed by atoms with van der Waals surface area (Å²) < 4.78 is 1.68. The summed E-state index contributed by atoms with van der Waals surface area (Å²) in [5.41, 5.74) is 7.98. The third kappa shape index (κ3) is 2.43. The summed E-state index contributed by atoms with van der Waals surface area (Å²) >= 11 is 6.14. The van der Waals surface area contributed by atoms with Crippen LogP contribution in [0.5, 0.6) is 0 Å². The van der Waals surface area contributed by atoms with Crippen molar-refractivity contribution in [3.8, 4) is 0 Å². The molecule has 0 aliphatic heterocycles. The number of amides is 1. The van der Waals surface area contributed by atoms with Crippen LogP contribution in [0.2, 0.25) is 5.02 Å². The summed E-state index contributed by atoms with van der Waals surface area (Å²) in [5.74, 6) is -0.247. The number of carbonyl (C=O) groups is 1. The zero-order valence-corrected chi connectivity index (χ0v) is 12.1. The number of nitrogens with two attached hydrogens (primary N) is 1. The van der Waals surface area contributed by atoms with E-state index in [1.54, 1.807) is 48.3 Å². The van der Waals surface area contributed by atoms with Gasteiger partial charge in [0.15, 0.2) is 0 Å². The summed E-state index contributed by atoms with van der Waals surface area (Å²) in [4.78, 5) is 16.6. The number of hydrogen-bond acceptors (Lipinski definition) is 3. The Morgan fingerprint density at radius 1 is 1.38 bits per heavy atom. The topological polar surface area (TPSA) is 72.9 Å². The zero-order chi connectivity index (χ0) is 15.0. The molecule has 0 aliphatic rings. The number of carbonyl (C=O) groups excluding carboxylic acids is 1. The molecular formula is C15H13ClN4O. The number of aromatic nitrogens is 2. The minimum atomic E-state index is -0.247. The van der Waals surface area contributed by atoms with Crippen LogP contribution in [0.15, 0.2) is 42.7 Å². The number of nitrogens with one attached hydrogen (secondary N) is 1. The first-order valence-electron chi connectivity index (χ1n) is 6.32. The first-order valence-corrected chi connectivity index (χ1v) is 6.70. The molecule has 21 heavy (non-hydrogen) atoms. The number of hydrogen-bond donors (Lipinski definition) is 2. The Hall–Kier alpha value is -2.53. The Kier molecular flexibility index (Phi) is 3.27. The number of anilines is 2. The van der Waals surface area contributed by atoms with E-state index in [1.807, 2.05) is 6.07 Å². The molecule has 106 valence electrons. The molecular weight excluding hydrogens is 288 g/mol. The van der Waals surface area contributed by atoms with E-state index >= 15 is 0 Å². The van der Waals surface area contributed by atoms with Crippen LogP contribution in [0.1, 0.15) is 10.5 Å². The molecule has 0 atom stereocenters. The summed E-state index contributed by atoms with van der Waals surface area (Å²) in [6, 6.07) is 8.77. The van der Waals surface area contributed by atoms with E-state index in [4.69, 9.17) is 17.3 Å². The van der Waals surface area contributed by atoms with E-state index in [-0.39, 0.29) is 5.91 Å². The average molecular weight is 301 g/mol. The van der Waals surface area contributed by atoms with E-state index in [1.165, 1.54) is 0 Å². The molecule has 0 unspecified atom stereocenters. The van der Waals surface area contributed by atoms with Crippen LogP contribution in [-0.4, -0.2) is 15.5 Å². The maximum Gasteiger partial charge on any atom is 0.272 e. The highest BCUT2D eigenvalue weighted by Crippen LogP contribution is 2.28. The predicted octanol–water partition coefficient (Wildman–Crippen LogP) is 3.06. The van der Waals surface area contributed by atoms with E-state index in [0.717, 1.165) is 5.39 Å². The van der Waals surface area contributed by atoms with Crippen molar-refractivity contribution in [2.24, 2.45) is 7.05 Å². The van der Waals surface area contributed by atoms with Crippen LogP contribution in [0, 0.1) is 0 Å². The maximum absolute atomic E-state index is 12.3. The lowest BCUT2D eigenvalue weighted by atomic mass is 10.2. The number of fused-ring (bicyclic) bond motifs is 1. The standard InChI is InChI=1S/C15H13ClN4O/c1-20-8-9(17)7-13(20)15(21)19-12-5-4-11(16)10-3-2-6-18-14(10)12/h2-8H,17H2,1H3,(H,19,21). The summed E-state index contributed by atoms with van der Waals surface area (Å²) in [6.45, 7) is 0. The van der Waals surface area contributed by atoms with Crippen LogP contribution in [0.4, 0.5) is 11.4 Å². The highest BCUT2D eigenvalue weighted by Gasteiger charge is 2.13. The number of benzene rings is 1. The quantitative estimate of drug-likeness (QED) is 0.764. The lowest BCUT2D eigenvalue weighted by molar-refractivity contribution is 0.101. The molecule has 5 nitrogen and oxygen atoms in total. The number of pyridine rings is 1. The number of nitrogen functional groups attached to an aromatic ring is 1. The molecule has 2 aromatic heterocycles. The van der Waals surface area contributed by atoms with Crippen molar-refractivity contribution in [3.05, 3.63) is 53.4 Å². The van der Waals surface area contributed by atoms with Crippen molar-refractivity contribution in [2.75, 3.05) is 11.1 Å². The van der Waals surface area contributed by atoms with Crippen molar-refractivity contribution in [1.82, 2.24) is 9.55 Å². The number of aryl methyl sites for hydroxylation is 1. The lowest BCUT2D eigenvalue weighted by Gasteiger charge is -2.09. The second-order valence-corrected chi connectivity index (χ2v) is 5.13. The molecule has 0 bridgehead atoms. The van der Waals surface area contributed by atoms with Gasteiger partial charge >= 0.3 is 0 Å². The Morgan fingerprint density at radius 2 is 2.19 bits per heavy atom. The fourth-order valence-corrected chi connectivity index (χ4v) is 2.46. The van der Waals surface area contributed by atoms with Gasteiger partial charge in [0.1, 0.15) is 5.69 Å². The van der Waals surface area contributed by atoms with Crippen LogP contribution in [0.3, 0.4) is 0 Å². The van der Waals surface area contributed by atoms with Crippen LogP contribution < -0.4 is 11.1 Å². The number of rotatable bonds is 2. The minimum Gasteiger partial charge on any atom is -0.397 e. The lowest BCUT2D eigenvalue weighted by Crippen LogP contribution is -2.15. The largest absolute Gasteiger partial charge is 0.397 e. The maximum atomic E-state index is 12.3. The third-order valence-electron chi connectivity index (χ3n) is 3.22. The van der Waals surface area contributed by atoms with E-state index in [2.05, 4.69) is 10.3 Å². The Morgan fingerprint density at radius 3 is 2.90 bits per heavy atom. The molecule has 3 rings (SSSR count). The van der Waals surface area contributed by atoms with Gasteiger partial charge in [-0.05, 0) is 30.3 Å². The van der Waals surface area contributed by atoms with Gasteiger partial charge in [-0.1, -0.05) is 11.6 Å². The van der Waals surface area contributed by atoms with Gasteiger partial charge in [0, 0.05) is 24.8 Å². The highest BCUT2D eigenvalue weighted by atomic mass is 35.5. The molecule has 3 N–H and O–H groups in total.